The lowest BCUT2D eigenvalue weighted by atomic mass is 10.0. The maximum Gasteiger partial charge on any atom is 0.228 e. The summed E-state index contributed by atoms with van der Waals surface area (Å²) in [6, 6.07) is 34.3. The van der Waals surface area contributed by atoms with Gasteiger partial charge in [0.2, 0.25) is 5.89 Å². The summed E-state index contributed by atoms with van der Waals surface area (Å²) in [5.41, 5.74) is 5.92. The zero-order valence-electron chi connectivity index (χ0n) is 18.6. The van der Waals surface area contributed by atoms with E-state index in [-0.39, 0.29) is 0 Å². The molecule has 0 saturated heterocycles. The van der Waals surface area contributed by atoms with E-state index in [0.717, 1.165) is 49.6 Å². The van der Waals surface area contributed by atoms with E-state index in [4.69, 9.17) is 19.4 Å². The average Bonchev–Trinajstić information content (AvgIpc) is 3.37. The summed E-state index contributed by atoms with van der Waals surface area (Å²) in [7, 11) is 0. The largest absolute Gasteiger partial charge is 0.436 e. The molecular formula is C30H18N4O. The first-order valence-electron chi connectivity index (χ1n) is 11.4. The van der Waals surface area contributed by atoms with Crippen molar-refractivity contribution in [3.05, 3.63) is 109 Å². The minimum absolute atomic E-state index is 0.542. The van der Waals surface area contributed by atoms with Crippen LogP contribution in [0.15, 0.2) is 114 Å². The zero-order valence-corrected chi connectivity index (χ0v) is 18.6. The second kappa shape index (κ2) is 7.85. The molecule has 35 heavy (non-hydrogen) atoms. The van der Waals surface area contributed by atoms with E-state index in [9.17, 15) is 0 Å². The Bertz CT molecular complexity index is 1810. The van der Waals surface area contributed by atoms with Crippen molar-refractivity contribution >= 4 is 32.8 Å². The van der Waals surface area contributed by atoms with Crippen LogP contribution >= 0.6 is 0 Å². The van der Waals surface area contributed by atoms with E-state index >= 15 is 0 Å². The number of para-hydroxylation sites is 2. The maximum atomic E-state index is 5.90. The number of hydrogen-bond acceptors (Lipinski definition) is 5. The molecule has 0 unspecified atom stereocenters. The van der Waals surface area contributed by atoms with Crippen LogP contribution < -0.4 is 0 Å². The predicted octanol–water partition coefficient (Wildman–Crippen LogP) is 7.32. The molecule has 0 radical (unpaired) electrons. The van der Waals surface area contributed by atoms with Crippen LogP contribution in [-0.2, 0) is 0 Å². The number of benzene rings is 4. The summed E-state index contributed by atoms with van der Waals surface area (Å²) in [6.07, 6.45) is 1.76. The fraction of sp³-hybridized carbons (Fsp3) is 0. The van der Waals surface area contributed by atoms with E-state index < -0.39 is 0 Å². The van der Waals surface area contributed by atoms with E-state index in [1.54, 1.807) is 6.20 Å². The van der Waals surface area contributed by atoms with Crippen molar-refractivity contribution in [2.24, 2.45) is 0 Å². The molecule has 0 N–H and O–H groups in total. The molecule has 7 aromatic rings. The van der Waals surface area contributed by atoms with Gasteiger partial charge in [-0.25, -0.2) is 15.0 Å². The Kier molecular flexibility index (Phi) is 4.39. The van der Waals surface area contributed by atoms with Gasteiger partial charge >= 0.3 is 0 Å². The van der Waals surface area contributed by atoms with Gasteiger partial charge in [-0.1, -0.05) is 72.8 Å². The number of fused-ring (bicyclic) bond motifs is 4. The van der Waals surface area contributed by atoms with Crippen molar-refractivity contribution in [3.63, 3.8) is 0 Å². The molecule has 0 spiro atoms. The van der Waals surface area contributed by atoms with Gasteiger partial charge in [0.1, 0.15) is 11.2 Å². The minimum Gasteiger partial charge on any atom is -0.436 e. The highest BCUT2D eigenvalue weighted by Crippen LogP contribution is 2.33. The second-order valence-corrected chi connectivity index (χ2v) is 8.36. The molecule has 7 rings (SSSR count). The number of rotatable bonds is 3. The summed E-state index contributed by atoms with van der Waals surface area (Å²) in [5.74, 6) is 1.12. The first-order chi connectivity index (χ1) is 17.3. The molecule has 164 valence electrons. The lowest BCUT2D eigenvalue weighted by molar-refractivity contribution is 0.619. The quantitative estimate of drug-likeness (QED) is 0.264. The van der Waals surface area contributed by atoms with Crippen LogP contribution in [0.3, 0.4) is 0 Å². The van der Waals surface area contributed by atoms with Gasteiger partial charge in [0.25, 0.3) is 0 Å². The monoisotopic (exact) mass is 450 g/mol. The molecule has 5 heteroatoms. The lowest BCUT2D eigenvalue weighted by Crippen LogP contribution is -1.97. The Hall–Kier alpha value is -4.90. The molecule has 0 aliphatic heterocycles. The number of pyridine rings is 1. The van der Waals surface area contributed by atoms with Crippen molar-refractivity contribution < 1.29 is 4.42 Å². The van der Waals surface area contributed by atoms with Crippen LogP contribution in [0, 0.1) is 0 Å². The summed E-state index contributed by atoms with van der Waals surface area (Å²) in [4.78, 5) is 19.2. The van der Waals surface area contributed by atoms with Gasteiger partial charge in [0, 0.05) is 22.5 Å². The molecule has 0 amide bonds. The van der Waals surface area contributed by atoms with Gasteiger partial charge in [0.15, 0.2) is 11.4 Å². The highest BCUT2D eigenvalue weighted by Gasteiger charge is 2.15. The summed E-state index contributed by atoms with van der Waals surface area (Å²) >= 11 is 0. The predicted molar refractivity (Wildman–Crippen MR) is 139 cm³/mol. The van der Waals surface area contributed by atoms with Crippen LogP contribution in [0.5, 0.6) is 0 Å². The molecule has 0 aliphatic rings. The Balaban J connectivity index is 1.40. The molecule has 0 saturated carbocycles. The third-order valence-corrected chi connectivity index (χ3v) is 6.17. The third kappa shape index (κ3) is 3.33. The smallest absolute Gasteiger partial charge is 0.228 e. The van der Waals surface area contributed by atoms with E-state index in [1.807, 2.05) is 66.7 Å². The average molecular weight is 451 g/mol. The van der Waals surface area contributed by atoms with Crippen molar-refractivity contribution in [1.29, 1.82) is 0 Å². The van der Waals surface area contributed by atoms with Crippen LogP contribution in [0.25, 0.3) is 67.0 Å². The summed E-state index contributed by atoms with van der Waals surface area (Å²) < 4.78 is 5.90. The highest BCUT2D eigenvalue weighted by molar-refractivity contribution is 6.09. The lowest BCUT2D eigenvalue weighted by Gasteiger charge is -2.11. The van der Waals surface area contributed by atoms with E-state index in [2.05, 4.69) is 41.4 Å². The number of hydrogen-bond donors (Lipinski definition) is 0. The second-order valence-electron chi connectivity index (χ2n) is 8.36. The summed E-state index contributed by atoms with van der Waals surface area (Å²) in [5, 5.41) is 3.25. The molecule has 0 fully saturated rings. The maximum absolute atomic E-state index is 5.90. The van der Waals surface area contributed by atoms with Crippen LogP contribution in [0.4, 0.5) is 0 Å². The van der Waals surface area contributed by atoms with E-state index in [0.29, 0.717) is 17.4 Å². The molecule has 4 aromatic carbocycles. The molecule has 0 bridgehead atoms. The van der Waals surface area contributed by atoms with Crippen LogP contribution in [-0.4, -0.2) is 19.9 Å². The zero-order chi connectivity index (χ0) is 23.2. The molecule has 3 aromatic heterocycles. The van der Waals surface area contributed by atoms with Crippen molar-refractivity contribution in [1.82, 2.24) is 19.9 Å². The van der Waals surface area contributed by atoms with Crippen molar-refractivity contribution in [2.75, 3.05) is 0 Å². The number of nitrogens with zero attached hydrogens (tertiary/aromatic N) is 4. The highest BCUT2D eigenvalue weighted by atomic mass is 16.3. The fourth-order valence-electron chi connectivity index (χ4n) is 4.44. The van der Waals surface area contributed by atoms with Crippen molar-refractivity contribution in [3.8, 4) is 34.2 Å². The van der Waals surface area contributed by atoms with Gasteiger partial charge in [0.05, 0.1) is 16.8 Å². The number of aromatic nitrogens is 4. The Morgan fingerprint density at radius 2 is 1.40 bits per heavy atom. The van der Waals surface area contributed by atoms with E-state index in [1.165, 1.54) is 0 Å². The number of oxazole rings is 1. The Labute approximate surface area is 200 Å². The Morgan fingerprint density at radius 3 is 2.26 bits per heavy atom. The molecule has 3 heterocycles. The standard InChI is InChI=1S/C30H18N4O/c1-2-9-20(10-3-1)27-23-16-14-19-8-4-5-11-22(19)28(23)34-29(33-27)25-17-15-21(18-31-25)30-32-24-12-6-7-13-26(24)35-30/h1-18H. The van der Waals surface area contributed by atoms with Crippen LogP contribution in [0.2, 0.25) is 0 Å². The first-order valence-corrected chi connectivity index (χ1v) is 11.4. The SMILES string of the molecule is c1ccc(-c2nc(-c3ccc(-c4nc5ccccc5o4)cn3)nc3c2ccc2ccccc23)cc1. The normalized spacial score (nSPS) is 11.4. The topological polar surface area (TPSA) is 64.7 Å². The molecule has 5 nitrogen and oxygen atoms in total. The van der Waals surface area contributed by atoms with Crippen LogP contribution in [0.1, 0.15) is 0 Å². The van der Waals surface area contributed by atoms with Gasteiger partial charge in [-0.15, -0.1) is 0 Å². The van der Waals surface area contributed by atoms with Crippen molar-refractivity contribution in [2.45, 2.75) is 0 Å². The Morgan fingerprint density at radius 1 is 0.571 bits per heavy atom. The van der Waals surface area contributed by atoms with Gasteiger partial charge in [-0.2, -0.15) is 0 Å². The molecule has 0 aliphatic carbocycles. The van der Waals surface area contributed by atoms with Gasteiger partial charge in [-0.05, 0) is 35.7 Å². The molecular weight excluding hydrogens is 432 g/mol. The van der Waals surface area contributed by atoms with Gasteiger partial charge in [-0.3, -0.25) is 4.98 Å². The third-order valence-electron chi connectivity index (χ3n) is 6.17. The first kappa shape index (κ1) is 19.6. The minimum atomic E-state index is 0.542. The van der Waals surface area contributed by atoms with Gasteiger partial charge < -0.3 is 4.42 Å². The summed E-state index contributed by atoms with van der Waals surface area (Å²) in [6.45, 7) is 0. The molecule has 0 atom stereocenters. The fourth-order valence-corrected chi connectivity index (χ4v) is 4.44.